The highest BCUT2D eigenvalue weighted by Crippen LogP contribution is 2.22. The monoisotopic (exact) mass is 323 g/mol. The summed E-state index contributed by atoms with van der Waals surface area (Å²) in [5.41, 5.74) is 1.60. The molecule has 0 aliphatic rings. The molecule has 0 bridgehead atoms. The molecule has 2 nitrogen and oxygen atoms in total. The molecule has 5 heteroatoms. The Morgan fingerprint density at radius 3 is 2.62 bits per heavy atom. The Hall–Kier alpha value is -1.84. The molecular weight excluding hydrogens is 312 g/mol. The molecule has 0 fully saturated rings. The molecule has 2 rings (SSSR count). The van der Waals surface area contributed by atoms with Gasteiger partial charge in [0.2, 0.25) is 5.91 Å². The van der Waals surface area contributed by atoms with Crippen molar-refractivity contribution in [2.45, 2.75) is 6.92 Å². The van der Waals surface area contributed by atoms with E-state index in [0.29, 0.717) is 26.9 Å². The van der Waals surface area contributed by atoms with Crippen molar-refractivity contribution in [2.75, 3.05) is 5.32 Å². The quantitative estimate of drug-likeness (QED) is 0.783. The van der Waals surface area contributed by atoms with Crippen LogP contribution in [0.3, 0.4) is 0 Å². The molecule has 0 radical (unpaired) electrons. The van der Waals surface area contributed by atoms with Gasteiger partial charge in [-0.2, -0.15) is 0 Å². The van der Waals surface area contributed by atoms with Crippen molar-refractivity contribution >= 4 is 40.9 Å². The van der Waals surface area contributed by atoms with Gasteiger partial charge >= 0.3 is 0 Å². The molecule has 0 aromatic heterocycles. The van der Waals surface area contributed by atoms with Crippen LogP contribution in [0.5, 0.6) is 0 Å². The van der Waals surface area contributed by atoms with Gasteiger partial charge in [0.05, 0.1) is 0 Å². The second-order valence-corrected chi connectivity index (χ2v) is 5.30. The second-order valence-electron chi connectivity index (χ2n) is 4.45. The zero-order valence-electron chi connectivity index (χ0n) is 11.2. The first-order chi connectivity index (χ1) is 9.95. The van der Waals surface area contributed by atoms with Crippen molar-refractivity contribution in [1.29, 1.82) is 0 Å². The van der Waals surface area contributed by atoms with Gasteiger partial charge in [0.25, 0.3) is 0 Å². The van der Waals surface area contributed by atoms with Crippen LogP contribution >= 0.6 is 23.2 Å². The minimum absolute atomic E-state index is 0.363. The number of hydrogen-bond donors (Lipinski definition) is 1. The van der Waals surface area contributed by atoms with Crippen molar-refractivity contribution in [3.8, 4) is 0 Å². The van der Waals surface area contributed by atoms with E-state index >= 15 is 0 Å². The average Bonchev–Trinajstić information content (AvgIpc) is 2.42. The number of benzene rings is 2. The Bertz CT molecular complexity index is 713. The highest BCUT2D eigenvalue weighted by Gasteiger charge is 2.03. The van der Waals surface area contributed by atoms with Crippen LogP contribution in [0.25, 0.3) is 6.08 Å². The first-order valence-electron chi connectivity index (χ1n) is 6.16. The van der Waals surface area contributed by atoms with E-state index in [1.165, 1.54) is 12.1 Å². The lowest BCUT2D eigenvalue weighted by Gasteiger charge is -2.04. The van der Waals surface area contributed by atoms with Gasteiger partial charge in [0, 0.05) is 21.8 Å². The van der Waals surface area contributed by atoms with Gasteiger partial charge in [-0.1, -0.05) is 35.3 Å². The minimum Gasteiger partial charge on any atom is -0.322 e. The molecule has 21 heavy (non-hydrogen) atoms. The molecule has 0 heterocycles. The Morgan fingerprint density at radius 2 is 1.95 bits per heavy atom. The van der Waals surface area contributed by atoms with Crippen molar-refractivity contribution in [1.82, 2.24) is 0 Å². The fraction of sp³-hybridized carbons (Fsp3) is 0.0625. The normalized spacial score (nSPS) is 10.9. The molecule has 0 aliphatic heterocycles. The molecule has 1 N–H and O–H groups in total. The Labute approximate surface area is 132 Å². The molecule has 0 spiro atoms. The minimum atomic E-state index is -0.371. The van der Waals surface area contributed by atoms with Crippen molar-refractivity contribution in [2.24, 2.45) is 0 Å². The molecule has 0 unspecified atom stereocenters. The van der Waals surface area contributed by atoms with E-state index in [0.717, 1.165) is 0 Å². The zero-order chi connectivity index (χ0) is 15.4. The van der Waals surface area contributed by atoms with E-state index in [1.54, 1.807) is 43.3 Å². The number of rotatable bonds is 3. The van der Waals surface area contributed by atoms with E-state index < -0.39 is 0 Å². The SMILES string of the molecule is Cc1ccc(NC(=O)/C=C/c2ccc(Cl)cc2Cl)cc1F. The Balaban J connectivity index is 2.07. The summed E-state index contributed by atoms with van der Waals surface area (Å²) in [6.07, 6.45) is 2.89. The summed E-state index contributed by atoms with van der Waals surface area (Å²) in [4.78, 5) is 11.8. The summed E-state index contributed by atoms with van der Waals surface area (Å²) >= 11 is 11.8. The predicted molar refractivity (Wildman–Crippen MR) is 85.3 cm³/mol. The van der Waals surface area contributed by atoms with Crippen LogP contribution in [0.15, 0.2) is 42.5 Å². The maximum atomic E-state index is 13.4. The van der Waals surface area contributed by atoms with Gasteiger partial charge in [-0.05, 0) is 48.4 Å². The molecular formula is C16H12Cl2FNO. The van der Waals surface area contributed by atoms with Crippen molar-refractivity contribution in [3.63, 3.8) is 0 Å². The third-order valence-electron chi connectivity index (χ3n) is 2.82. The third kappa shape index (κ3) is 4.31. The number of anilines is 1. The Morgan fingerprint density at radius 1 is 1.19 bits per heavy atom. The molecule has 0 saturated carbocycles. The first kappa shape index (κ1) is 15.5. The number of carbonyl (C=O) groups excluding carboxylic acids is 1. The third-order valence-corrected chi connectivity index (χ3v) is 3.38. The topological polar surface area (TPSA) is 29.1 Å². The smallest absolute Gasteiger partial charge is 0.248 e. The van der Waals surface area contributed by atoms with Crippen molar-refractivity contribution < 1.29 is 9.18 Å². The predicted octanol–water partition coefficient (Wildman–Crippen LogP) is 5.09. The number of aryl methyl sites for hydroxylation is 1. The van der Waals surface area contributed by atoms with Crippen LogP contribution in [0, 0.1) is 12.7 Å². The van der Waals surface area contributed by atoms with Gasteiger partial charge < -0.3 is 5.32 Å². The van der Waals surface area contributed by atoms with Crippen LogP contribution in [0.4, 0.5) is 10.1 Å². The van der Waals surface area contributed by atoms with E-state index in [9.17, 15) is 9.18 Å². The lowest BCUT2D eigenvalue weighted by atomic mass is 10.2. The number of nitrogens with one attached hydrogen (secondary N) is 1. The van der Waals surface area contributed by atoms with Crippen LogP contribution in [0.2, 0.25) is 10.0 Å². The fourth-order valence-electron chi connectivity index (χ4n) is 1.66. The zero-order valence-corrected chi connectivity index (χ0v) is 12.7. The molecule has 108 valence electrons. The Kier molecular flexibility index (Phi) is 4.99. The maximum Gasteiger partial charge on any atom is 0.248 e. The summed E-state index contributed by atoms with van der Waals surface area (Å²) in [5, 5.41) is 3.55. The summed E-state index contributed by atoms with van der Waals surface area (Å²) in [6, 6.07) is 9.50. The summed E-state index contributed by atoms with van der Waals surface area (Å²) < 4.78 is 13.4. The molecule has 1 amide bonds. The molecule has 0 atom stereocenters. The number of halogens is 3. The standard InChI is InChI=1S/C16H12Cl2FNO/c1-10-2-6-13(9-15(10)19)20-16(21)7-4-11-3-5-12(17)8-14(11)18/h2-9H,1H3,(H,20,21)/b7-4+. The van der Waals surface area contributed by atoms with E-state index in [-0.39, 0.29) is 11.7 Å². The van der Waals surface area contributed by atoms with E-state index in [4.69, 9.17) is 23.2 Å². The maximum absolute atomic E-state index is 13.4. The molecule has 0 aliphatic carbocycles. The van der Waals surface area contributed by atoms with Gasteiger partial charge in [0.1, 0.15) is 5.82 Å². The van der Waals surface area contributed by atoms with Gasteiger partial charge in [-0.3, -0.25) is 4.79 Å². The highest BCUT2D eigenvalue weighted by molar-refractivity contribution is 6.35. The molecule has 2 aromatic carbocycles. The summed E-state index contributed by atoms with van der Waals surface area (Å²) in [5.74, 6) is -0.734. The largest absolute Gasteiger partial charge is 0.322 e. The van der Waals surface area contributed by atoms with E-state index in [1.807, 2.05) is 0 Å². The molecule has 2 aromatic rings. The lowest BCUT2D eigenvalue weighted by molar-refractivity contribution is -0.111. The molecule has 0 saturated heterocycles. The summed E-state index contributed by atoms with van der Waals surface area (Å²) in [7, 11) is 0. The van der Waals surface area contributed by atoms with Gasteiger partial charge in [-0.25, -0.2) is 4.39 Å². The summed E-state index contributed by atoms with van der Waals surface area (Å²) in [6.45, 7) is 1.66. The van der Waals surface area contributed by atoms with Crippen molar-refractivity contribution in [3.05, 3.63) is 69.5 Å². The lowest BCUT2D eigenvalue weighted by Crippen LogP contribution is -2.08. The fourth-order valence-corrected chi connectivity index (χ4v) is 2.13. The number of amides is 1. The number of hydrogen-bond acceptors (Lipinski definition) is 1. The van der Waals surface area contributed by atoms with Gasteiger partial charge in [0.15, 0.2) is 0 Å². The van der Waals surface area contributed by atoms with Crippen LogP contribution in [-0.4, -0.2) is 5.91 Å². The average molecular weight is 324 g/mol. The van der Waals surface area contributed by atoms with Gasteiger partial charge in [-0.15, -0.1) is 0 Å². The first-order valence-corrected chi connectivity index (χ1v) is 6.91. The number of carbonyl (C=O) groups is 1. The van der Waals surface area contributed by atoms with Crippen LogP contribution in [0.1, 0.15) is 11.1 Å². The highest BCUT2D eigenvalue weighted by atomic mass is 35.5. The van der Waals surface area contributed by atoms with E-state index in [2.05, 4.69) is 5.32 Å². The van der Waals surface area contributed by atoms with Crippen LogP contribution in [-0.2, 0) is 4.79 Å². The van der Waals surface area contributed by atoms with Crippen LogP contribution < -0.4 is 5.32 Å². The second kappa shape index (κ2) is 6.74.